The molecule has 0 radical (unpaired) electrons. The summed E-state index contributed by atoms with van der Waals surface area (Å²) in [6.07, 6.45) is 0. The van der Waals surface area contributed by atoms with E-state index >= 15 is 0 Å². The van der Waals surface area contributed by atoms with E-state index in [1.165, 1.54) is 10.4 Å². The third kappa shape index (κ3) is 4.39. The van der Waals surface area contributed by atoms with E-state index in [0.717, 1.165) is 11.3 Å². The number of sulfonamides is 1. The zero-order valence-electron chi connectivity index (χ0n) is 13.4. The summed E-state index contributed by atoms with van der Waals surface area (Å²) in [6, 6.07) is 4.72. The van der Waals surface area contributed by atoms with Gasteiger partial charge in [0, 0.05) is 32.2 Å². The molecule has 1 saturated heterocycles. The van der Waals surface area contributed by atoms with Gasteiger partial charge >= 0.3 is 0 Å². The van der Waals surface area contributed by atoms with E-state index < -0.39 is 10.0 Å². The van der Waals surface area contributed by atoms with E-state index in [1.807, 2.05) is 4.90 Å². The number of rotatable bonds is 5. The van der Waals surface area contributed by atoms with Crippen LogP contribution in [0, 0.1) is 6.92 Å². The van der Waals surface area contributed by atoms with Crippen molar-refractivity contribution in [2.45, 2.75) is 11.1 Å². The second kappa shape index (κ2) is 7.42. The Hall–Kier alpha value is -1.46. The first kappa shape index (κ1) is 18.3. The summed E-state index contributed by atoms with van der Waals surface area (Å²) < 4.78 is 32.1. The number of amides is 1. The van der Waals surface area contributed by atoms with Crippen molar-refractivity contribution in [2.75, 3.05) is 38.0 Å². The lowest BCUT2D eigenvalue weighted by molar-refractivity contribution is -0.117. The van der Waals surface area contributed by atoms with Crippen molar-refractivity contribution in [2.24, 2.45) is 0 Å². The van der Waals surface area contributed by atoms with E-state index in [-0.39, 0.29) is 16.7 Å². The second-order valence-corrected chi connectivity index (χ2v) is 9.49. The zero-order chi connectivity index (χ0) is 18.0. The minimum atomic E-state index is -3.52. The van der Waals surface area contributed by atoms with Gasteiger partial charge in [0.15, 0.2) is 5.82 Å². The number of anilines is 1. The lowest BCUT2D eigenvalue weighted by Crippen LogP contribution is -2.50. The van der Waals surface area contributed by atoms with Crippen molar-refractivity contribution in [1.82, 2.24) is 14.4 Å². The number of carbonyl (C=O) groups excluding carboxylic acids is 1. The maximum absolute atomic E-state index is 12.5. The molecule has 8 nitrogen and oxygen atoms in total. The van der Waals surface area contributed by atoms with Crippen molar-refractivity contribution in [3.05, 3.63) is 28.3 Å². The molecule has 3 rings (SSSR count). The van der Waals surface area contributed by atoms with Crippen LogP contribution in [0.4, 0.5) is 5.82 Å². The SMILES string of the molecule is Cc1cc(NC(=O)CN2CCN(S(=O)(=O)c3ccc(Cl)s3)CC2)no1. The van der Waals surface area contributed by atoms with Gasteiger partial charge in [0.05, 0.1) is 10.9 Å². The summed E-state index contributed by atoms with van der Waals surface area (Å²) in [5.74, 6) is 0.774. The molecule has 0 aliphatic carbocycles. The Labute approximate surface area is 154 Å². The number of nitrogens with zero attached hydrogens (tertiary/aromatic N) is 3. The van der Waals surface area contributed by atoms with E-state index in [4.69, 9.17) is 16.1 Å². The molecule has 2 aromatic rings. The number of hydrogen-bond acceptors (Lipinski definition) is 7. The number of carbonyl (C=O) groups is 1. The molecule has 0 bridgehead atoms. The highest BCUT2D eigenvalue weighted by Crippen LogP contribution is 2.28. The number of nitrogens with one attached hydrogen (secondary N) is 1. The van der Waals surface area contributed by atoms with E-state index in [2.05, 4.69) is 10.5 Å². The van der Waals surface area contributed by atoms with Gasteiger partial charge < -0.3 is 9.84 Å². The average Bonchev–Trinajstić information content (AvgIpc) is 3.16. The van der Waals surface area contributed by atoms with E-state index in [9.17, 15) is 13.2 Å². The summed E-state index contributed by atoms with van der Waals surface area (Å²) in [5.41, 5.74) is 0. The van der Waals surface area contributed by atoms with Crippen molar-refractivity contribution in [3.8, 4) is 0 Å². The topological polar surface area (TPSA) is 95.8 Å². The molecule has 0 aromatic carbocycles. The molecule has 1 fully saturated rings. The Kier molecular flexibility index (Phi) is 5.44. The molecule has 0 atom stereocenters. The predicted molar refractivity (Wildman–Crippen MR) is 94.4 cm³/mol. The van der Waals surface area contributed by atoms with Crippen molar-refractivity contribution in [3.63, 3.8) is 0 Å². The van der Waals surface area contributed by atoms with Crippen LogP contribution in [0.15, 0.2) is 26.9 Å². The van der Waals surface area contributed by atoms with Gasteiger partial charge in [-0.1, -0.05) is 16.8 Å². The van der Waals surface area contributed by atoms with Crippen LogP contribution < -0.4 is 5.32 Å². The van der Waals surface area contributed by atoms with E-state index in [0.29, 0.717) is 42.1 Å². The highest BCUT2D eigenvalue weighted by atomic mass is 35.5. The van der Waals surface area contributed by atoms with Crippen molar-refractivity contribution >= 4 is 44.7 Å². The fraction of sp³-hybridized carbons (Fsp3) is 0.429. The first-order valence-electron chi connectivity index (χ1n) is 7.55. The third-order valence-electron chi connectivity index (χ3n) is 3.74. The van der Waals surface area contributed by atoms with Crippen molar-refractivity contribution in [1.29, 1.82) is 0 Å². The number of piperazine rings is 1. The number of aromatic nitrogens is 1. The molecule has 1 aliphatic heterocycles. The molecule has 3 heterocycles. The number of halogens is 1. The molecule has 11 heteroatoms. The Balaban J connectivity index is 1.52. The van der Waals surface area contributed by atoms with Crippen LogP contribution >= 0.6 is 22.9 Å². The molecule has 1 N–H and O–H groups in total. The molecular weight excluding hydrogens is 388 g/mol. The largest absolute Gasteiger partial charge is 0.360 e. The van der Waals surface area contributed by atoms with Crippen molar-refractivity contribution < 1.29 is 17.7 Å². The minimum absolute atomic E-state index is 0.171. The third-order valence-corrected chi connectivity index (χ3v) is 7.33. The molecule has 0 saturated carbocycles. The second-order valence-electron chi connectivity index (χ2n) is 5.61. The Morgan fingerprint density at radius 1 is 1.36 bits per heavy atom. The quantitative estimate of drug-likeness (QED) is 0.813. The highest BCUT2D eigenvalue weighted by Gasteiger charge is 2.30. The van der Waals surface area contributed by atoms with Crippen LogP contribution in [0.3, 0.4) is 0 Å². The fourth-order valence-corrected chi connectivity index (χ4v) is 5.56. The fourth-order valence-electron chi connectivity index (χ4n) is 2.50. The number of aryl methyl sites for hydroxylation is 1. The predicted octanol–water partition coefficient (Wildman–Crippen LogP) is 1.64. The van der Waals surface area contributed by atoms with Crippen LogP contribution in [0.5, 0.6) is 0 Å². The first-order valence-corrected chi connectivity index (χ1v) is 10.2. The van der Waals surface area contributed by atoms with Crippen LogP contribution in [-0.2, 0) is 14.8 Å². The van der Waals surface area contributed by atoms with Crippen LogP contribution in [-0.4, -0.2) is 61.4 Å². The molecule has 2 aromatic heterocycles. The molecular formula is C14H17ClN4O4S2. The van der Waals surface area contributed by atoms with Gasteiger partial charge in [-0.25, -0.2) is 8.42 Å². The minimum Gasteiger partial charge on any atom is -0.360 e. The number of thiophene rings is 1. The monoisotopic (exact) mass is 404 g/mol. The Morgan fingerprint density at radius 3 is 2.64 bits per heavy atom. The smallest absolute Gasteiger partial charge is 0.252 e. The standard InChI is InChI=1S/C14H17ClN4O4S2/c1-10-8-12(17-23-10)16-13(20)9-18-4-6-19(7-5-18)25(21,22)14-3-2-11(15)24-14/h2-3,8H,4-7,9H2,1H3,(H,16,17,20). The van der Waals surface area contributed by atoms with Gasteiger partial charge in [-0.3, -0.25) is 9.69 Å². The summed E-state index contributed by atoms with van der Waals surface area (Å²) in [6.45, 7) is 3.52. The average molecular weight is 405 g/mol. The van der Waals surface area contributed by atoms with Crippen LogP contribution in [0.1, 0.15) is 5.76 Å². The summed E-state index contributed by atoms with van der Waals surface area (Å²) >= 11 is 6.87. The highest BCUT2D eigenvalue weighted by molar-refractivity contribution is 7.91. The van der Waals surface area contributed by atoms with Crippen LogP contribution in [0.25, 0.3) is 0 Å². The van der Waals surface area contributed by atoms with Crippen LogP contribution in [0.2, 0.25) is 4.34 Å². The number of hydrogen-bond donors (Lipinski definition) is 1. The summed E-state index contributed by atoms with van der Waals surface area (Å²) in [5, 5.41) is 6.36. The van der Waals surface area contributed by atoms with Gasteiger partial charge in [0.1, 0.15) is 9.97 Å². The lowest BCUT2D eigenvalue weighted by atomic mass is 10.3. The molecule has 1 aliphatic rings. The maximum Gasteiger partial charge on any atom is 0.252 e. The summed E-state index contributed by atoms with van der Waals surface area (Å²) in [7, 11) is -3.52. The Morgan fingerprint density at radius 2 is 2.08 bits per heavy atom. The van der Waals surface area contributed by atoms with Gasteiger partial charge in [0.2, 0.25) is 5.91 Å². The van der Waals surface area contributed by atoms with E-state index in [1.54, 1.807) is 19.1 Å². The normalized spacial score (nSPS) is 16.9. The molecule has 0 spiro atoms. The van der Waals surface area contributed by atoms with Gasteiger partial charge in [-0.05, 0) is 19.1 Å². The molecule has 25 heavy (non-hydrogen) atoms. The maximum atomic E-state index is 12.5. The first-order chi connectivity index (χ1) is 11.8. The Bertz CT molecular complexity index is 856. The molecule has 0 unspecified atom stereocenters. The summed E-state index contributed by atoms with van der Waals surface area (Å²) in [4.78, 5) is 13.9. The lowest BCUT2D eigenvalue weighted by Gasteiger charge is -2.33. The zero-order valence-corrected chi connectivity index (χ0v) is 15.8. The molecule has 1 amide bonds. The molecule has 136 valence electrons. The van der Waals surface area contributed by atoms with Gasteiger partial charge in [-0.15, -0.1) is 11.3 Å². The van der Waals surface area contributed by atoms with Gasteiger partial charge in [0.25, 0.3) is 10.0 Å². The van der Waals surface area contributed by atoms with Gasteiger partial charge in [-0.2, -0.15) is 4.31 Å².